The molecule has 170 valence electrons. The molecule has 0 amide bonds. The van der Waals surface area contributed by atoms with Crippen molar-refractivity contribution in [2.75, 3.05) is 0 Å². The van der Waals surface area contributed by atoms with E-state index >= 15 is 0 Å². The minimum absolute atomic E-state index is 0.0658. The summed E-state index contributed by atoms with van der Waals surface area (Å²) in [5.41, 5.74) is -1.96. The average Bonchev–Trinajstić information content (AvgIpc) is 2.70. The predicted molar refractivity (Wildman–Crippen MR) is 102 cm³/mol. The predicted octanol–water partition coefficient (Wildman–Crippen LogP) is 6.37. The molecule has 0 heterocycles. The van der Waals surface area contributed by atoms with Gasteiger partial charge in [-0.3, -0.25) is 4.28 Å². The third-order valence-electron chi connectivity index (χ3n) is 4.63. The molecule has 0 saturated carbocycles. The summed E-state index contributed by atoms with van der Waals surface area (Å²) in [6.45, 7) is 5.43. The standard InChI is InChI=1S/C20H19F6NO3S/c1-4-12(2)14-5-7-15(8-6-14)13(3)27-30-31(28,29)18-10-16(19(21,22)23)9-17(11-18)20(24,25)26/h5-12H,4H2,1-3H3/b27-13-. The molecule has 1 unspecified atom stereocenters. The Kier molecular flexibility index (Phi) is 7.09. The van der Waals surface area contributed by atoms with Crippen LogP contribution in [0.3, 0.4) is 0 Å². The van der Waals surface area contributed by atoms with Crippen molar-refractivity contribution < 1.29 is 39.0 Å². The van der Waals surface area contributed by atoms with Crippen molar-refractivity contribution >= 4 is 15.8 Å². The van der Waals surface area contributed by atoms with Gasteiger partial charge in [-0.25, -0.2) is 0 Å². The van der Waals surface area contributed by atoms with Gasteiger partial charge in [0.05, 0.1) is 16.8 Å². The monoisotopic (exact) mass is 467 g/mol. The summed E-state index contributed by atoms with van der Waals surface area (Å²) >= 11 is 0. The van der Waals surface area contributed by atoms with Crippen LogP contribution in [0.15, 0.2) is 52.5 Å². The van der Waals surface area contributed by atoms with Gasteiger partial charge < -0.3 is 0 Å². The summed E-state index contributed by atoms with van der Waals surface area (Å²) in [4.78, 5) is -1.31. The molecule has 2 aromatic carbocycles. The zero-order valence-electron chi connectivity index (χ0n) is 16.7. The number of oxime groups is 1. The zero-order chi connectivity index (χ0) is 23.6. The SMILES string of the molecule is CCC(C)c1ccc(/C(C)=N\OS(=O)(=O)c2cc(C(F)(F)F)cc(C(F)(F)F)c2)cc1. The maximum absolute atomic E-state index is 12.9. The van der Waals surface area contributed by atoms with E-state index in [1.807, 2.05) is 13.8 Å². The third-order valence-corrected chi connectivity index (χ3v) is 5.72. The van der Waals surface area contributed by atoms with E-state index in [4.69, 9.17) is 0 Å². The number of alkyl halides is 6. The van der Waals surface area contributed by atoms with Gasteiger partial charge in [0.15, 0.2) is 0 Å². The number of nitrogens with zero attached hydrogens (tertiary/aromatic N) is 1. The van der Waals surface area contributed by atoms with Gasteiger partial charge in [-0.05, 0) is 48.6 Å². The molecule has 1 atom stereocenters. The highest BCUT2D eigenvalue weighted by Crippen LogP contribution is 2.37. The molecule has 0 aliphatic carbocycles. The molecule has 0 aliphatic heterocycles. The largest absolute Gasteiger partial charge is 0.416 e. The highest BCUT2D eigenvalue weighted by atomic mass is 32.2. The van der Waals surface area contributed by atoms with E-state index in [1.54, 1.807) is 24.3 Å². The normalized spacial score (nSPS) is 14.4. The highest BCUT2D eigenvalue weighted by Gasteiger charge is 2.38. The van der Waals surface area contributed by atoms with Crippen molar-refractivity contribution in [3.63, 3.8) is 0 Å². The molecule has 0 aliphatic rings. The second-order valence-electron chi connectivity index (χ2n) is 6.88. The fraction of sp³-hybridized carbons (Fsp3) is 0.350. The van der Waals surface area contributed by atoms with Gasteiger partial charge in [0.1, 0.15) is 4.90 Å². The quantitative estimate of drug-likeness (QED) is 0.282. The minimum atomic E-state index is -5.19. The molecular formula is C20H19F6NO3S. The summed E-state index contributed by atoms with van der Waals surface area (Å²) in [5, 5.41) is 3.39. The summed E-state index contributed by atoms with van der Waals surface area (Å²) in [6, 6.07) is 6.88. The Morgan fingerprint density at radius 2 is 1.45 bits per heavy atom. The number of halogens is 6. The number of rotatable bonds is 6. The van der Waals surface area contributed by atoms with Crippen LogP contribution in [0.25, 0.3) is 0 Å². The lowest BCUT2D eigenvalue weighted by atomic mass is 9.97. The average molecular weight is 467 g/mol. The molecule has 0 aromatic heterocycles. The van der Waals surface area contributed by atoms with Crippen LogP contribution in [0, 0.1) is 0 Å². The Morgan fingerprint density at radius 1 is 0.968 bits per heavy atom. The van der Waals surface area contributed by atoms with Crippen LogP contribution in [-0.2, 0) is 26.8 Å². The highest BCUT2D eigenvalue weighted by molar-refractivity contribution is 7.86. The summed E-state index contributed by atoms with van der Waals surface area (Å²) in [5.74, 6) is 0.298. The molecule has 31 heavy (non-hydrogen) atoms. The molecule has 2 rings (SSSR count). The van der Waals surface area contributed by atoms with Crippen molar-refractivity contribution in [2.24, 2.45) is 5.16 Å². The minimum Gasteiger partial charge on any atom is -0.265 e. The van der Waals surface area contributed by atoms with Crippen LogP contribution >= 0.6 is 0 Å². The van der Waals surface area contributed by atoms with Gasteiger partial charge in [0.25, 0.3) is 0 Å². The summed E-state index contributed by atoms with van der Waals surface area (Å²) in [6.07, 6.45) is -9.48. The van der Waals surface area contributed by atoms with Crippen LogP contribution in [0.1, 0.15) is 55.4 Å². The maximum Gasteiger partial charge on any atom is 0.416 e. The van der Waals surface area contributed by atoms with Gasteiger partial charge in [-0.15, -0.1) is 0 Å². The lowest BCUT2D eigenvalue weighted by Crippen LogP contribution is -2.14. The van der Waals surface area contributed by atoms with Gasteiger partial charge in [0.2, 0.25) is 0 Å². The van der Waals surface area contributed by atoms with Crippen molar-refractivity contribution in [1.82, 2.24) is 0 Å². The van der Waals surface area contributed by atoms with Crippen LogP contribution in [0.5, 0.6) is 0 Å². The maximum atomic E-state index is 12.9. The fourth-order valence-electron chi connectivity index (χ4n) is 2.56. The first-order chi connectivity index (χ1) is 14.1. The Balaban J connectivity index is 2.37. The molecule has 11 heteroatoms. The van der Waals surface area contributed by atoms with Crippen molar-refractivity contribution in [1.29, 1.82) is 0 Å². The summed E-state index contributed by atoms with van der Waals surface area (Å²) < 4.78 is 107. The molecular weight excluding hydrogens is 448 g/mol. The van der Waals surface area contributed by atoms with E-state index in [-0.39, 0.29) is 23.9 Å². The molecule has 4 nitrogen and oxygen atoms in total. The number of hydrogen-bond acceptors (Lipinski definition) is 4. The van der Waals surface area contributed by atoms with E-state index in [9.17, 15) is 34.8 Å². The van der Waals surface area contributed by atoms with Crippen molar-refractivity contribution in [3.05, 3.63) is 64.7 Å². The van der Waals surface area contributed by atoms with Gasteiger partial charge in [-0.1, -0.05) is 43.3 Å². The van der Waals surface area contributed by atoms with E-state index in [1.165, 1.54) is 6.92 Å². The molecule has 2 aromatic rings. The molecule has 0 bridgehead atoms. The van der Waals surface area contributed by atoms with Gasteiger partial charge in [0, 0.05) is 0 Å². The fourth-order valence-corrected chi connectivity index (χ4v) is 3.40. The number of hydrogen-bond donors (Lipinski definition) is 0. The first kappa shape index (κ1) is 24.7. The number of benzene rings is 2. The lowest BCUT2D eigenvalue weighted by molar-refractivity contribution is -0.143. The summed E-state index contributed by atoms with van der Waals surface area (Å²) in [7, 11) is -5.04. The second kappa shape index (κ2) is 8.89. The Bertz CT molecular complexity index is 1030. The van der Waals surface area contributed by atoms with Gasteiger partial charge in [-0.2, -0.15) is 34.8 Å². The Morgan fingerprint density at radius 3 is 1.87 bits per heavy atom. The van der Waals surface area contributed by atoms with E-state index in [0.717, 1.165) is 12.0 Å². The zero-order valence-corrected chi connectivity index (χ0v) is 17.5. The third kappa shape index (κ3) is 6.22. The molecule has 0 radical (unpaired) electrons. The van der Waals surface area contributed by atoms with Crippen LogP contribution in [-0.4, -0.2) is 14.1 Å². The van der Waals surface area contributed by atoms with E-state index in [0.29, 0.717) is 11.5 Å². The van der Waals surface area contributed by atoms with Crippen molar-refractivity contribution in [3.8, 4) is 0 Å². The van der Waals surface area contributed by atoms with E-state index < -0.39 is 38.5 Å². The topological polar surface area (TPSA) is 55.7 Å². The Labute approximate surface area is 175 Å². The van der Waals surface area contributed by atoms with Gasteiger partial charge >= 0.3 is 22.5 Å². The van der Waals surface area contributed by atoms with Crippen LogP contribution < -0.4 is 0 Å². The molecule has 0 N–H and O–H groups in total. The first-order valence-corrected chi connectivity index (χ1v) is 10.4. The second-order valence-corrected chi connectivity index (χ2v) is 8.41. The lowest BCUT2D eigenvalue weighted by Gasteiger charge is -2.13. The van der Waals surface area contributed by atoms with E-state index in [2.05, 4.69) is 9.44 Å². The molecule has 0 fully saturated rings. The van der Waals surface area contributed by atoms with Crippen molar-refractivity contribution in [2.45, 2.75) is 50.4 Å². The Hall–Kier alpha value is -2.56. The molecule has 0 saturated heterocycles. The van der Waals surface area contributed by atoms with Crippen LogP contribution in [0.2, 0.25) is 0 Å². The molecule has 0 spiro atoms. The van der Waals surface area contributed by atoms with Crippen LogP contribution in [0.4, 0.5) is 26.3 Å². The smallest absolute Gasteiger partial charge is 0.265 e. The first-order valence-electron chi connectivity index (χ1n) is 9.03.